The molecule has 146 valence electrons. The Balaban J connectivity index is 2.53. The first kappa shape index (κ1) is 21.6. The van der Waals surface area contributed by atoms with Gasteiger partial charge in [0.2, 0.25) is 5.88 Å². The highest BCUT2D eigenvalue weighted by Crippen LogP contribution is 2.38. The highest BCUT2D eigenvalue weighted by molar-refractivity contribution is 7.99. The lowest BCUT2D eigenvalue weighted by molar-refractivity contribution is 0.194. The molecule has 0 fully saturated rings. The molecule has 2 aromatic rings. The van der Waals surface area contributed by atoms with E-state index in [1.54, 1.807) is 18.5 Å². The van der Waals surface area contributed by atoms with Gasteiger partial charge in [-0.2, -0.15) is 11.8 Å². The van der Waals surface area contributed by atoms with E-state index in [1.165, 1.54) is 0 Å². The average molecular weight is 408 g/mol. The molecule has 2 heterocycles. The average Bonchev–Trinajstić information content (AvgIpc) is 2.61. The fourth-order valence-electron chi connectivity index (χ4n) is 3.03. The number of rotatable bonds is 8. The summed E-state index contributed by atoms with van der Waals surface area (Å²) in [4.78, 5) is 11.8. The molecule has 2 aromatic heterocycles. The minimum absolute atomic E-state index is 0.0145. The van der Waals surface area contributed by atoms with Gasteiger partial charge in [-0.25, -0.2) is 9.97 Å². The lowest BCUT2D eigenvalue weighted by atomic mass is 9.88. The first-order chi connectivity index (χ1) is 12.7. The second-order valence-electron chi connectivity index (χ2n) is 7.44. The van der Waals surface area contributed by atoms with Crippen molar-refractivity contribution in [2.24, 2.45) is 5.11 Å². The molecule has 0 N–H and O–H groups in total. The summed E-state index contributed by atoms with van der Waals surface area (Å²) >= 11 is 7.96. The summed E-state index contributed by atoms with van der Waals surface area (Å²) in [7, 11) is 0. The summed E-state index contributed by atoms with van der Waals surface area (Å²) in [6, 6.07) is 1.78. The number of aromatic nitrogens is 2. The van der Waals surface area contributed by atoms with Crippen molar-refractivity contribution in [1.82, 2.24) is 9.97 Å². The van der Waals surface area contributed by atoms with Crippen molar-refractivity contribution in [1.29, 1.82) is 0 Å². The maximum atomic E-state index is 9.00. The van der Waals surface area contributed by atoms with E-state index in [0.29, 0.717) is 17.5 Å². The zero-order chi connectivity index (χ0) is 20.2. The van der Waals surface area contributed by atoms with Crippen molar-refractivity contribution in [2.75, 3.05) is 6.26 Å². The largest absolute Gasteiger partial charge is 0.474 e. The van der Waals surface area contributed by atoms with Gasteiger partial charge in [-0.3, -0.25) is 0 Å². The smallest absolute Gasteiger partial charge is 0.223 e. The molecular formula is C19H26ClN5OS. The number of pyridine rings is 2. The van der Waals surface area contributed by atoms with Gasteiger partial charge in [-0.05, 0) is 55.5 Å². The van der Waals surface area contributed by atoms with E-state index in [4.69, 9.17) is 21.9 Å². The second-order valence-corrected chi connectivity index (χ2v) is 9.34. The molecule has 0 saturated heterocycles. The summed E-state index contributed by atoms with van der Waals surface area (Å²) < 4.78 is 6.27. The molecule has 0 radical (unpaired) electrons. The number of nitrogens with zero attached hydrogens (tertiary/aromatic N) is 5. The third-order valence-corrected chi connectivity index (χ3v) is 6.36. The maximum absolute atomic E-state index is 9.00. The van der Waals surface area contributed by atoms with E-state index in [1.807, 2.05) is 32.5 Å². The van der Waals surface area contributed by atoms with Crippen LogP contribution in [-0.4, -0.2) is 27.1 Å². The van der Waals surface area contributed by atoms with Gasteiger partial charge in [-0.1, -0.05) is 37.5 Å². The Morgan fingerprint density at radius 2 is 2.00 bits per heavy atom. The molecule has 0 aliphatic heterocycles. The Bertz CT molecular complexity index is 869. The van der Waals surface area contributed by atoms with E-state index in [-0.39, 0.29) is 10.9 Å². The normalized spacial score (nSPS) is 15.1. The molecule has 8 heteroatoms. The van der Waals surface area contributed by atoms with Gasteiger partial charge in [0.05, 0.1) is 17.0 Å². The molecule has 0 bridgehead atoms. The minimum atomic E-state index is -0.727. The van der Waals surface area contributed by atoms with Gasteiger partial charge in [0.1, 0.15) is 5.15 Å². The summed E-state index contributed by atoms with van der Waals surface area (Å²) in [6.07, 6.45) is 6.99. The highest BCUT2D eigenvalue weighted by Gasteiger charge is 2.28. The molecule has 0 unspecified atom stereocenters. The van der Waals surface area contributed by atoms with Crippen molar-refractivity contribution < 1.29 is 4.74 Å². The number of fused-ring (bicyclic) bond motifs is 1. The molecule has 0 spiro atoms. The molecule has 2 rings (SSSR count). The van der Waals surface area contributed by atoms with Crippen LogP contribution in [-0.2, 0) is 5.54 Å². The van der Waals surface area contributed by atoms with Crippen LogP contribution in [0, 0.1) is 0 Å². The fraction of sp³-hybridized carbons (Fsp3) is 0.579. The summed E-state index contributed by atoms with van der Waals surface area (Å²) in [5, 5.41) is 5.98. The van der Waals surface area contributed by atoms with Crippen LogP contribution in [0.1, 0.15) is 53.0 Å². The van der Waals surface area contributed by atoms with Gasteiger partial charge in [0.25, 0.3) is 0 Å². The number of hydrogen-bond acceptors (Lipinski definition) is 5. The minimum Gasteiger partial charge on any atom is -0.474 e. The van der Waals surface area contributed by atoms with Crippen molar-refractivity contribution in [2.45, 2.75) is 63.9 Å². The Labute approximate surface area is 169 Å². The predicted molar refractivity (Wildman–Crippen MR) is 114 cm³/mol. The van der Waals surface area contributed by atoms with E-state index in [2.05, 4.69) is 40.1 Å². The molecule has 0 aliphatic carbocycles. The summed E-state index contributed by atoms with van der Waals surface area (Å²) in [6.45, 7) is 10.3. The summed E-state index contributed by atoms with van der Waals surface area (Å²) in [5.74, 6) is 0.515. The van der Waals surface area contributed by atoms with Crippen LogP contribution in [0.3, 0.4) is 0 Å². The topological polar surface area (TPSA) is 83.8 Å². The number of ether oxygens (including phenoxy) is 1. The van der Waals surface area contributed by atoms with Crippen molar-refractivity contribution in [3.8, 4) is 5.88 Å². The van der Waals surface area contributed by atoms with Crippen LogP contribution >= 0.6 is 23.4 Å². The van der Waals surface area contributed by atoms with Gasteiger partial charge >= 0.3 is 0 Å². The molecule has 2 atom stereocenters. The van der Waals surface area contributed by atoms with E-state index >= 15 is 0 Å². The van der Waals surface area contributed by atoms with Crippen LogP contribution in [0.4, 0.5) is 0 Å². The SMILES string of the molecule is CC[C@@](C)(N=[N+]=[N-])c1cnc(O[C@@H](C)CC(C)(C)SC)c2cnc(Cl)cc12. The Morgan fingerprint density at radius 3 is 2.59 bits per heavy atom. The number of thioether (sulfide) groups is 1. The van der Waals surface area contributed by atoms with E-state index in [9.17, 15) is 0 Å². The fourth-order valence-corrected chi connectivity index (χ4v) is 3.59. The third-order valence-electron chi connectivity index (χ3n) is 4.88. The van der Waals surface area contributed by atoms with Gasteiger partial charge in [0.15, 0.2) is 0 Å². The first-order valence-electron chi connectivity index (χ1n) is 8.88. The Hall–Kier alpha value is -1.69. The number of hydrogen-bond donors (Lipinski definition) is 0. The van der Waals surface area contributed by atoms with Crippen molar-refractivity contribution >= 4 is 34.1 Å². The van der Waals surface area contributed by atoms with E-state index in [0.717, 1.165) is 22.8 Å². The highest BCUT2D eigenvalue weighted by atomic mass is 35.5. The second kappa shape index (κ2) is 8.55. The van der Waals surface area contributed by atoms with Gasteiger partial charge < -0.3 is 4.74 Å². The maximum Gasteiger partial charge on any atom is 0.223 e. The molecule has 0 saturated carbocycles. The Morgan fingerprint density at radius 1 is 1.30 bits per heavy atom. The van der Waals surface area contributed by atoms with Crippen LogP contribution in [0.25, 0.3) is 21.2 Å². The zero-order valence-corrected chi connectivity index (χ0v) is 18.2. The number of halogens is 1. The van der Waals surface area contributed by atoms with E-state index < -0.39 is 5.54 Å². The van der Waals surface area contributed by atoms with Crippen LogP contribution < -0.4 is 4.74 Å². The molecule has 0 amide bonds. The van der Waals surface area contributed by atoms with Crippen molar-refractivity contribution in [3.63, 3.8) is 0 Å². The molecule has 0 aromatic carbocycles. The summed E-state index contributed by atoms with van der Waals surface area (Å²) in [5.41, 5.74) is 9.08. The van der Waals surface area contributed by atoms with Crippen molar-refractivity contribution in [3.05, 3.63) is 39.6 Å². The molecule has 0 aliphatic rings. The van der Waals surface area contributed by atoms with Crippen LogP contribution in [0.5, 0.6) is 5.88 Å². The lowest BCUT2D eigenvalue weighted by Gasteiger charge is -2.27. The van der Waals surface area contributed by atoms with Crippen LogP contribution in [0.2, 0.25) is 5.15 Å². The van der Waals surface area contributed by atoms with Gasteiger partial charge in [-0.15, -0.1) is 0 Å². The third kappa shape index (κ3) is 4.98. The standard InChI is InChI=1S/C19H26ClN5OS/c1-7-19(5,24-25-21)15-11-23-17(14-10-22-16(20)8-13(14)15)26-12(2)9-18(3,4)27-6/h8,10-12H,7,9H2,1-6H3/t12-,19+/m0/s1. The first-order valence-corrected chi connectivity index (χ1v) is 10.5. The quantitative estimate of drug-likeness (QED) is 0.216. The Kier molecular flexibility index (Phi) is 6.84. The lowest BCUT2D eigenvalue weighted by Crippen LogP contribution is -2.25. The van der Waals surface area contributed by atoms with Gasteiger partial charge in [0, 0.05) is 22.1 Å². The zero-order valence-electron chi connectivity index (χ0n) is 16.7. The monoisotopic (exact) mass is 407 g/mol. The number of azide groups is 1. The molecular weight excluding hydrogens is 382 g/mol. The molecule has 6 nitrogen and oxygen atoms in total. The molecule has 27 heavy (non-hydrogen) atoms. The predicted octanol–water partition coefficient (Wildman–Crippen LogP) is 6.52. The van der Waals surface area contributed by atoms with Crippen LogP contribution in [0.15, 0.2) is 23.6 Å².